The Morgan fingerprint density at radius 2 is 2.20 bits per heavy atom. The third kappa shape index (κ3) is 3.20. The highest BCUT2D eigenvalue weighted by molar-refractivity contribution is 5.80. The molecule has 0 aliphatic carbocycles. The van der Waals surface area contributed by atoms with E-state index in [1.165, 1.54) is 4.90 Å². The van der Waals surface area contributed by atoms with Crippen molar-refractivity contribution >= 4 is 17.9 Å². The van der Waals surface area contributed by atoms with E-state index in [1.54, 1.807) is 11.8 Å². The molecular formula is C13H21N3O4. The van der Waals surface area contributed by atoms with E-state index in [-0.39, 0.29) is 30.4 Å². The van der Waals surface area contributed by atoms with Gasteiger partial charge in [0.2, 0.25) is 5.91 Å². The van der Waals surface area contributed by atoms with Crippen molar-refractivity contribution in [1.29, 1.82) is 0 Å². The molecule has 0 saturated carbocycles. The number of carboxylic acid groups (broad SMARTS) is 1. The van der Waals surface area contributed by atoms with Crippen LogP contribution in [0.4, 0.5) is 4.79 Å². The normalized spacial score (nSPS) is 25.6. The number of likely N-dealkylation sites (tertiary alicyclic amines) is 1. The summed E-state index contributed by atoms with van der Waals surface area (Å²) in [5, 5.41) is 11.8. The number of hydrogen-bond acceptors (Lipinski definition) is 3. The van der Waals surface area contributed by atoms with Gasteiger partial charge in [0.15, 0.2) is 0 Å². The quantitative estimate of drug-likeness (QED) is 0.769. The summed E-state index contributed by atoms with van der Waals surface area (Å²) >= 11 is 0. The van der Waals surface area contributed by atoms with Gasteiger partial charge in [0.1, 0.15) is 6.54 Å². The van der Waals surface area contributed by atoms with Crippen molar-refractivity contribution in [1.82, 2.24) is 15.1 Å². The predicted octanol–water partition coefficient (Wildman–Crippen LogP) is 0.113. The number of fused-ring (bicyclic) bond motifs is 1. The van der Waals surface area contributed by atoms with Crippen LogP contribution < -0.4 is 5.32 Å². The summed E-state index contributed by atoms with van der Waals surface area (Å²) in [6, 6.07) is -0.0555. The second kappa shape index (κ2) is 6.11. The molecule has 2 unspecified atom stereocenters. The first-order chi connectivity index (χ1) is 9.51. The molecule has 2 aliphatic rings. The van der Waals surface area contributed by atoms with Gasteiger partial charge in [-0.15, -0.1) is 0 Å². The van der Waals surface area contributed by atoms with E-state index in [2.05, 4.69) is 5.32 Å². The summed E-state index contributed by atoms with van der Waals surface area (Å²) in [5.74, 6) is -0.624. The molecule has 0 spiro atoms. The van der Waals surface area contributed by atoms with E-state index in [0.717, 1.165) is 12.8 Å². The van der Waals surface area contributed by atoms with Crippen LogP contribution >= 0.6 is 0 Å². The van der Waals surface area contributed by atoms with Crippen molar-refractivity contribution in [3.05, 3.63) is 0 Å². The third-order valence-corrected chi connectivity index (χ3v) is 4.07. The number of carbonyl (C=O) groups is 3. The largest absolute Gasteiger partial charge is 0.480 e. The maximum absolute atomic E-state index is 12.3. The van der Waals surface area contributed by atoms with Crippen LogP contribution in [0.3, 0.4) is 0 Å². The highest BCUT2D eigenvalue weighted by Crippen LogP contribution is 2.25. The van der Waals surface area contributed by atoms with Gasteiger partial charge < -0.3 is 20.2 Å². The van der Waals surface area contributed by atoms with Crippen molar-refractivity contribution in [2.45, 2.75) is 32.2 Å². The first-order valence-electron chi connectivity index (χ1n) is 7.06. The molecule has 2 atom stereocenters. The summed E-state index contributed by atoms with van der Waals surface area (Å²) in [6.45, 7) is 3.05. The van der Waals surface area contributed by atoms with Gasteiger partial charge in [-0.1, -0.05) is 0 Å². The third-order valence-electron chi connectivity index (χ3n) is 4.07. The van der Waals surface area contributed by atoms with E-state index in [4.69, 9.17) is 5.11 Å². The number of hydrogen-bond donors (Lipinski definition) is 2. The maximum atomic E-state index is 12.3. The molecule has 0 aromatic rings. The first kappa shape index (κ1) is 14.6. The van der Waals surface area contributed by atoms with Crippen LogP contribution in [0.15, 0.2) is 0 Å². The zero-order valence-electron chi connectivity index (χ0n) is 11.7. The van der Waals surface area contributed by atoms with E-state index < -0.39 is 5.97 Å². The average Bonchev–Trinajstić information content (AvgIpc) is 2.43. The van der Waals surface area contributed by atoms with Crippen LogP contribution in [0.5, 0.6) is 0 Å². The molecule has 7 nitrogen and oxygen atoms in total. The smallest absolute Gasteiger partial charge is 0.323 e. The Morgan fingerprint density at radius 1 is 1.45 bits per heavy atom. The Labute approximate surface area is 117 Å². The minimum Gasteiger partial charge on any atom is -0.480 e. The Bertz CT molecular complexity index is 412. The number of amides is 3. The number of urea groups is 1. The molecule has 2 N–H and O–H groups in total. The minimum atomic E-state index is -1.000. The van der Waals surface area contributed by atoms with Crippen molar-refractivity contribution < 1.29 is 19.5 Å². The van der Waals surface area contributed by atoms with E-state index in [1.807, 2.05) is 0 Å². The highest BCUT2D eigenvalue weighted by atomic mass is 16.4. The Morgan fingerprint density at radius 3 is 2.85 bits per heavy atom. The second-order valence-electron chi connectivity index (χ2n) is 5.40. The fourth-order valence-electron chi connectivity index (χ4n) is 2.96. The van der Waals surface area contributed by atoms with E-state index >= 15 is 0 Å². The number of carboxylic acids is 1. The van der Waals surface area contributed by atoms with Gasteiger partial charge in [-0.2, -0.15) is 0 Å². The summed E-state index contributed by atoms with van der Waals surface area (Å²) in [7, 11) is 0. The molecule has 2 aliphatic heterocycles. The first-order valence-corrected chi connectivity index (χ1v) is 7.06. The summed E-state index contributed by atoms with van der Waals surface area (Å²) in [4.78, 5) is 37.5. The molecule has 7 heteroatoms. The fraction of sp³-hybridized carbons (Fsp3) is 0.769. The van der Waals surface area contributed by atoms with Gasteiger partial charge in [-0.05, 0) is 25.7 Å². The second-order valence-corrected chi connectivity index (χ2v) is 5.40. The minimum absolute atomic E-state index is 0.0899. The lowest BCUT2D eigenvalue weighted by atomic mass is 9.85. The van der Waals surface area contributed by atoms with E-state index in [9.17, 15) is 14.4 Å². The number of aliphatic carboxylic acids is 1. The summed E-state index contributed by atoms with van der Waals surface area (Å²) in [6.07, 6.45) is 2.05. The van der Waals surface area contributed by atoms with Crippen molar-refractivity contribution in [2.24, 2.45) is 5.92 Å². The van der Waals surface area contributed by atoms with Crippen molar-refractivity contribution in [2.75, 3.05) is 26.2 Å². The van der Waals surface area contributed by atoms with Gasteiger partial charge in [0.05, 0.1) is 0 Å². The summed E-state index contributed by atoms with van der Waals surface area (Å²) in [5.41, 5.74) is 0. The van der Waals surface area contributed by atoms with Gasteiger partial charge in [-0.3, -0.25) is 9.59 Å². The Balaban J connectivity index is 1.95. The lowest BCUT2D eigenvalue weighted by molar-refractivity contribution is -0.137. The van der Waals surface area contributed by atoms with Crippen molar-refractivity contribution in [3.8, 4) is 0 Å². The molecule has 2 heterocycles. The standard InChI is InChI=1S/C13H21N3O4/c1-2-15(8-12(18)19)13(20)16-6-5-10-9(7-16)3-4-11(17)14-10/h9-10H,2-8H2,1H3,(H,14,17)(H,18,19). The number of carbonyl (C=O) groups excluding carboxylic acids is 2. The molecule has 0 aromatic heterocycles. The monoisotopic (exact) mass is 283 g/mol. The molecular weight excluding hydrogens is 262 g/mol. The SMILES string of the molecule is CCN(CC(=O)O)C(=O)N1CCC2NC(=O)CCC2C1. The molecule has 20 heavy (non-hydrogen) atoms. The van der Waals surface area contributed by atoms with Crippen LogP contribution in [0.25, 0.3) is 0 Å². The van der Waals surface area contributed by atoms with Crippen molar-refractivity contribution in [3.63, 3.8) is 0 Å². The molecule has 3 amide bonds. The molecule has 2 fully saturated rings. The highest BCUT2D eigenvalue weighted by Gasteiger charge is 2.36. The van der Waals surface area contributed by atoms with Crippen LogP contribution in [0.1, 0.15) is 26.2 Å². The zero-order chi connectivity index (χ0) is 14.7. The Kier molecular flexibility index (Phi) is 4.46. The molecule has 0 radical (unpaired) electrons. The van der Waals surface area contributed by atoms with Gasteiger partial charge in [-0.25, -0.2) is 4.79 Å². The molecule has 0 bridgehead atoms. The average molecular weight is 283 g/mol. The summed E-state index contributed by atoms with van der Waals surface area (Å²) < 4.78 is 0. The zero-order valence-corrected chi connectivity index (χ0v) is 11.7. The number of nitrogens with zero attached hydrogens (tertiary/aromatic N) is 2. The van der Waals surface area contributed by atoms with E-state index in [0.29, 0.717) is 26.1 Å². The number of piperidine rings is 2. The number of nitrogens with one attached hydrogen (secondary N) is 1. The number of rotatable bonds is 3. The topological polar surface area (TPSA) is 90.0 Å². The van der Waals surface area contributed by atoms with Crippen LogP contribution in [0, 0.1) is 5.92 Å². The fourth-order valence-corrected chi connectivity index (χ4v) is 2.96. The maximum Gasteiger partial charge on any atom is 0.323 e. The molecule has 2 rings (SSSR count). The van der Waals surface area contributed by atoms with Gasteiger partial charge in [0, 0.05) is 32.1 Å². The molecule has 2 saturated heterocycles. The van der Waals surface area contributed by atoms with Gasteiger partial charge >= 0.3 is 12.0 Å². The number of likely N-dealkylation sites (N-methyl/N-ethyl adjacent to an activating group) is 1. The lowest BCUT2D eigenvalue weighted by Crippen LogP contribution is -2.57. The van der Waals surface area contributed by atoms with Gasteiger partial charge in [0.25, 0.3) is 0 Å². The molecule has 0 aromatic carbocycles. The Hall–Kier alpha value is -1.79. The molecule has 112 valence electrons. The predicted molar refractivity (Wildman–Crippen MR) is 71.1 cm³/mol. The van der Waals surface area contributed by atoms with Crippen LogP contribution in [-0.2, 0) is 9.59 Å². The lowest BCUT2D eigenvalue weighted by Gasteiger charge is -2.42. The van der Waals surface area contributed by atoms with Crippen LogP contribution in [-0.4, -0.2) is 65.0 Å². The van der Waals surface area contributed by atoms with Crippen LogP contribution in [0.2, 0.25) is 0 Å².